The Morgan fingerprint density at radius 1 is 1.50 bits per heavy atom. The molecule has 0 saturated carbocycles. The molecule has 0 bridgehead atoms. The fourth-order valence-corrected chi connectivity index (χ4v) is 1.39. The van der Waals surface area contributed by atoms with Gasteiger partial charge in [-0.15, -0.1) is 0 Å². The summed E-state index contributed by atoms with van der Waals surface area (Å²) in [4.78, 5) is 3.92. The number of nitrogens with one attached hydrogen (secondary N) is 2. The standard InChI is InChI=1S/C9H13BrN4/c1-6-4-3-5-7(8(6)10)13-9(12-2)14-11/h3-5H,11H2,1-2H3,(H2,12,13,14). The topological polar surface area (TPSA) is 62.4 Å². The van der Waals surface area contributed by atoms with Crippen LogP contribution >= 0.6 is 15.9 Å². The van der Waals surface area contributed by atoms with Crippen molar-refractivity contribution in [2.45, 2.75) is 6.92 Å². The highest BCUT2D eigenvalue weighted by molar-refractivity contribution is 9.10. The molecule has 0 aliphatic carbocycles. The highest BCUT2D eigenvalue weighted by Crippen LogP contribution is 2.25. The smallest absolute Gasteiger partial charge is 0.210 e. The quantitative estimate of drug-likeness (QED) is 0.310. The van der Waals surface area contributed by atoms with E-state index in [0.717, 1.165) is 15.7 Å². The minimum Gasteiger partial charge on any atom is -0.324 e. The molecule has 0 radical (unpaired) electrons. The normalized spacial score (nSPS) is 11.3. The monoisotopic (exact) mass is 256 g/mol. The van der Waals surface area contributed by atoms with Crippen molar-refractivity contribution in [3.8, 4) is 0 Å². The molecule has 4 N–H and O–H groups in total. The molecule has 5 heteroatoms. The summed E-state index contributed by atoms with van der Waals surface area (Å²) in [7, 11) is 1.66. The number of anilines is 1. The highest BCUT2D eigenvalue weighted by Gasteiger charge is 2.03. The van der Waals surface area contributed by atoms with Gasteiger partial charge in [-0.25, -0.2) is 5.84 Å². The van der Waals surface area contributed by atoms with Crippen LogP contribution in [0.15, 0.2) is 27.7 Å². The van der Waals surface area contributed by atoms with Gasteiger partial charge in [-0.2, -0.15) is 0 Å². The van der Waals surface area contributed by atoms with Crippen LogP contribution < -0.4 is 16.6 Å². The Morgan fingerprint density at radius 3 is 2.79 bits per heavy atom. The van der Waals surface area contributed by atoms with E-state index in [4.69, 9.17) is 5.84 Å². The predicted octanol–water partition coefficient (Wildman–Crippen LogP) is 1.62. The molecule has 0 saturated heterocycles. The van der Waals surface area contributed by atoms with Crippen LogP contribution in [0.5, 0.6) is 0 Å². The molecule has 0 heterocycles. The molecule has 0 atom stereocenters. The molecule has 76 valence electrons. The third-order valence-electron chi connectivity index (χ3n) is 1.81. The second-order valence-electron chi connectivity index (χ2n) is 2.78. The molecule has 0 amide bonds. The van der Waals surface area contributed by atoms with E-state index >= 15 is 0 Å². The van der Waals surface area contributed by atoms with Crippen LogP contribution in [0.25, 0.3) is 0 Å². The molecule has 0 fully saturated rings. The Bertz CT molecular complexity index is 349. The van der Waals surface area contributed by atoms with Gasteiger partial charge in [-0.1, -0.05) is 12.1 Å². The van der Waals surface area contributed by atoms with E-state index < -0.39 is 0 Å². The lowest BCUT2D eigenvalue weighted by Crippen LogP contribution is -2.36. The van der Waals surface area contributed by atoms with E-state index in [1.165, 1.54) is 0 Å². The summed E-state index contributed by atoms with van der Waals surface area (Å²) in [5.41, 5.74) is 4.55. The van der Waals surface area contributed by atoms with Crippen molar-refractivity contribution in [2.24, 2.45) is 10.8 Å². The molecular weight excluding hydrogens is 244 g/mol. The van der Waals surface area contributed by atoms with Crippen molar-refractivity contribution in [3.63, 3.8) is 0 Å². The van der Waals surface area contributed by atoms with Gasteiger partial charge in [0, 0.05) is 11.5 Å². The Kier molecular flexibility index (Phi) is 3.91. The van der Waals surface area contributed by atoms with Crippen LogP contribution in [0, 0.1) is 6.92 Å². The second kappa shape index (κ2) is 4.97. The fourth-order valence-electron chi connectivity index (χ4n) is 1.03. The van der Waals surface area contributed by atoms with Crippen molar-refractivity contribution in [1.82, 2.24) is 5.43 Å². The number of aliphatic imine (C=N–C) groups is 1. The van der Waals surface area contributed by atoms with Crippen molar-refractivity contribution < 1.29 is 0 Å². The van der Waals surface area contributed by atoms with Gasteiger partial charge in [0.25, 0.3) is 0 Å². The first kappa shape index (κ1) is 11.0. The summed E-state index contributed by atoms with van der Waals surface area (Å²) in [6.45, 7) is 2.02. The summed E-state index contributed by atoms with van der Waals surface area (Å²) in [6, 6.07) is 5.93. The molecule has 1 aromatic rings. The van der Waals surface area contributed by atoms with E-state index in [1.807, 2.05) is 25.1 Å². The zero-order valence-corrected chi connectivity index (χ0v) is 9.72. The molecule has 0 spiro atoms. The lowest BCUT2D eigenvalue weighted by molar-refractivity contribution is 1.01. The molecule has 4 nitrogen and oxygen atoms in total. The second-order valence-corrected chi connectivity index (χ2v) is 3.57. The van der Waals surface area contributed by atoms with Gasteiger partial charge < -0.3 is 5.32 Å². The van der Waals surface area contributed by atoms with Gasteiger partial charge in [-0.3, -0.25) is 10.4 Å². The number of rotatable bonds is 1. The number of hydrogen-bond acceptors (Lipinski definition) is 2. The zero-order valence-electron chi connectivity index (χ0n) is 8.13. The van der Waals surface area contributed by atoms with E-state index in [1.54, 1.807) is 7.05 Å². The fraction of sp³-hybridized carbons (Fsp3) is 0.222. The van der Waals surface area contributed by atoms with Crippen LogP contribution in [0.3, 0.4) is 0 Å². The van der Waals surface area contributed by atoms with Crippen LogP contribution in [0.1, 0.15) is 5.56 Å². The van der Waals surface area contributed by atoms with Crippen LogP contribution in [0.2, 0.25) is 0 Å². The molecule has 0 unspecified atom stereocenters. The molecule has 1 aromatic carbocycles. The highest BCUT2D eigenvalue weighted by atomic mass is 79.9. The summed E-state index contributed by atoms with van der Waals surface area (Å²) in [6.07, 6.45) is 0. The van der Waals surface area contributed by atoms with Crippen LogP contribution in [-0.2, 0) is 0 Å². The Balaban J connectivity index is 2.92. The molecule has 1 rings (SSSR count). The lowest BCUT2D eigenvalue weighted by Gasteiger charge is -2.11. The Morgan fingerprint density at radius 2 is 2.21 bits per heavy atom. The third-order valence-corrected chi connectivity index (χ3v) is 2.86. The number of guanidine groups is 1. The van der Waals surface area contributed by atoms with E-state index in [9.17, 15) is 0 Å². The number of halogens is 1. The van der Waals surface area contributed by atoms with Crippen molar-refractivity contribution in [3.05, 3.63) is 28.2 Å². The first-order valence-corrected chi connectivity index (χ1v) is 4.94. The first-order chi connectivity index (χ1) is 6.69. The largest absolute Gasteiger partial charge is 0.324 e. The number of hydrogen-bond donors (Lipinski definition) is 3. The SMILES string of the molecule is CN=C(NN)Nc1cccc(C)c1Br. The molecule has 0 aliphatic rings. The summed E-state index contributed by atoms with van der Waals surface area (Å²) in [5, 5.41) is 3.05. The number of hydrazine groups is 1. The number of nitrogens with two attached hydrogens (primary N) is 1. The van der Waals surface area contributed by atoms with Crippen molar-refractivity contribution >= 4 is 27.6 Å². The summed E-state index contributed by atoms with van der Waals surface area (Å²) >= 11 is 3.48. The van der Waals surface area contributed by atoms with E-state index in [-0.39, 0.29) is 0 Å². The predicted molar refractivity (Wildman–Crippen MR) is 63.2 cm³/mol. The molecule has 0 aromatic heterocycles. The minimum atomic E-state index is 0.524. The van der Waals surface area contributed by atoms with Gasteiger partial charge in [0.1, 0.15) is 0 Å². The lowest BCUT2D eigenvalue weighted by atomic mass is 10.2. The van der Waals surface area contributed by atoms with Crippen LogP contribution in [0.4, 0.5) is 5.69 Å². The van der Waals surface area contributed by atoms with Crippen molar-refractivity contribution in [2.75, 3.05) is 12.4 Å². The Hall–Kier alpha value is -1.07. The number of benzene rings is 1. The summed E-state index contributed by atoms with van der Waals surface area (Å²) in [5.74, 6) is 5.79. The maximum atomic E-state index is 5.26. The molecule has 14 heavy (non-hydrogen) atoms. The average Bonchev–Trinajstić information content (AvgIpc) is 2.20. The van der Waals surface area contributed by atoms with Gasteiger partial charge in [-0.05, 0) is 34.5 Å². The van der Waals surface area contributed by atoms with Gasteiger partial charge in [0.15, 0.2) is 0 Å². The van der Waals surface area contributed by atoms with E-state index in [2.05, 4.69) is 31.7 Å². The third kappa shape index (κ3) is 2.46. The van der Waals surface area contributed by atoms with Crippen molar-refractivity contribution in [1.29, 1.82) is 0 Å². The van der Waals surface area contributed by atoms with Gasteiger partial charge >= 0.3 is 0 Å². The summed E-state index contributed by atoms with van der Waals surface area (Å²) < 4.78 is 1.01. The molecule has 0 aliphatic heterocycles. The van der Waals surface area contributed by atoms with Gasteiger partial charge in [0.05, 0.1) is 5.69 Å². The van der Waals surface area contributed by atoms with Crippen LogP contribution in [-0.4, -0.2) is 13.0 Å². The maximum absolute atomic E-state index is 5.26. The van der Waals surface area contributed by atoms with Gasteiger partial charge in [0.2, 0.25) is 5.96 Å². The number of aryl methyl sites for hydroxylation is 1. The zero-order chi connectivity index (χ0) is 10.6. The minimum absolute atomic E-state index is 0.524. The molecular formula is C9H13BrN4. The maximum Gasteiger partial charge on any atom is 0.210 e. The average molecular weight is 257 g/mol. The number of nitrogens with zero attached hydrogens (tertiary/aromatic N) is 1. The first-order valence-electron chi connectivity index (χ1n) is 4.14. The van der Waals surface area contributed by atoms with E-state index in [0.29, 0.717) is 5.96 Å². The Labute approximate surface area is 91.7 Å².